The topological polar surface area (TPSA) is 32.9 Å². The number of aromatic amines is 1. The van der Waals surface area contributed by atoms with Crippen LogP contribution in [0.1, 0.15) is 20.8 Å². The lowest BCUT2D eigenvalue weighted by atomic mass is 10.1. The number of fused-ring (bicyclic) bond motifs is 1. The summed E-state index contributed by atoms with van der Waals surface area (Å²) in [4.78, 5) is 16.1. The molecule has 0 fully saturated rings. The van der Waals surface area contributed by atoms with Crippen LogP contribution in [-0.4, -0.2) is 10.8 Å². The number of carbonyl (C=O) groups is 1. The minimum absolute atomic E-state index is 0.0726. The molecule has 2 heterocycles. The fourth-order valence-electron chi connectivity index (χ4n) is 2.01. The first-order valence-corrected chi connectivity index (χ1v) is 7.27. The van der Waals surface area contributed by atoms with E-state index in [1.165, 1.54) is 11.3 Å². The van der Waals surface area contributed by atoms with Crippen molar-refractivity contribution in [1.82, 2.24) is 4.98 Å². The zero-order chi connectivity index (χ0) is 13.6. The number of hydrogen-bond acceptors (Lipinski definition) is 2. The predicted octanol–water partition coefficient (Wildman–Crippen LogP) is 5.08. The molecule has 96 valence electrons. The minimum Gasteiger partial charge on any atom is -0.359 e. The van der Waals surface area contributed by atoms with Crippen molar-refractivity contribution >= 4 is 51.2 Å². The summed E-state index contributed by atoms with van der Waals surface area (Å²) >= 11 is 13.6. The molecule has 0 aliphatic carbocycles. The number of aryl methyl sites for hydroxylation is 1. The van der Waals surface area contributed by atoms with E-state index in [0.717, 1.165) is 16.5 Å². The van der Waals surface area contributed by atoms with E-state index < -0.39 is 0 Å². The largest absolute Gasteiger partial charge is 0.359 e. The molecule has 0 bridgehead atoms. The van der Waals surface area contributed by atoms with Crippen molar-refractivity contribution in [2.75, 3.05) is 0 Å². The van der Waals surface area contributed by atoms with Crippen LogP contribution in [0.2, 0.25) is 10.0 Å². The van der Waals surface area contributed by atoms with Crippen LogP contribution in [0.5, 0.6) is 0 Å². The second kappa shape index (κ2) is 4.67. The summed E-state index contributed by atoms with van der Waals surface area (Å²) in [5.74, 6) is -0.0726. The fourth-order valence-corrected chi connectivity index (χ4v) is 3.47. The molecule has 1 N–H and O–H groups in total. The lowest BCUT2D eigenvalue weighted by molar-refractivity contribution is 0.104. The molecule has 0 aliphatic rings. The van der Waals surface area contributed by atoms with Crippen LogP contribution in [0.4, 0.5) is 0 Å². The Labute approximate surface area is 124 Å². The quantitative estimate of drug-likeness (QED) is 0.658. The van der Waals surface area contributed by atoms with Crippen LogP contribution >= 0.6 is 34.5 Å². The van der Waals surface area contributed by atoms with Gasteiger partial charge in [0.1, 0.15) is 0 Å². The maximum absolute atomic E-state index is 12.5. The van der Waals surface area contributed by atoms with Crippen molar-refractivity contribution in [3.8, 4) is 0 Å². The van der Waals surface area contributed by atoms with Crippen molar-refractivity contribution in [3.63, 3.8) is 0 Å². The number of halogens is 2. The molecule has 0 saturated heterocycles. The predicted molar refractivity (Wildman–Crippen MR) is 80.8 cm³/mol. The summed E-state index contributed by atoms with van der Waals surface area (Å²) in [5, 5.41) is 3.84. The van der Waals surface area contributed by atoms with Gasteiger partial charge in [-0.25, -0.2) is 0 Å². The van der Waals surface area contributed by atoms with Gasteiger partial charge in [-0.2, -0.15) is 0 Å². The molecule has 0 amide bonds. The first-order valence-electron chi connectivity index (χ1n) is 5.63. The summed E-state index contributed by atoms with van der Waals surface area (Å²) in [5.41, 5.74) is 2.30. The van der Waals surface area contributed by atoms with Crippen LogP contribution < -0.4 is 0 Å². The highest BCUT2D eigenvalue weighted by molar-refractivity contribution is 7.13. The highest BCUT2D eigenvalue weighted by Crippen LogP contribution is 2.32. The molecular formula is C14H9Cl2NOS. The Morgan fingerprint density at radius 1 is 1.32 bits per heavy atom. The molecule has 5 heteroatoms. The number of thiophene rings is 1. The molecule has 0 saturated carbocycles. The number of H-pyrrole nitrogens is 1. The third kappa shape index (κ3) is 1.98. The lowest BCUT2D eigenvalue weighted by Gasteiger charge is -1.98. The van der Waals surface area contributed by atoms with E-state index in [1.807, 2.05) is 24.4 Å². The smallest absolute Gasteiger partial charge is 0.206 e. The molecule has 3 aromatic rings. The van der Waals surface area contributed by atoms with E-state index in [2.05, 4.69) is 4.98 Å². The van der Waals surface area contributed by atoms with Crippen molar-refractivity contribution < 1.29 is 4.79 Å². The molecule has 0 spiro atoms. The highest BCUT2D eigenvalue weighted by Gasteiger charge is 2.20. The van der Waals surface area contributed by atoms with Crippen molar-refractivity contribution in [2.24, 2.45) is 0 Å². The number of para-hydroxylation sites is 1. The second-order valence-corrected chi connectivity index (χ2v) is 5.92. The van der Waals surface area contributed by atoms with E-state index in [1.54, 1.807) is 12.3 Å². The molecule has 2 aromatic heterocycles. The molecule has 2 nitrogen and oxygen atoms in total. The van der Waals surface area contributed by atoms with E-state index in [-0.39, 0.29) is 5.78 Å². The number of ketones is 1. The van der Waals surface area contributed by atoms with Crippen molar-refractivity contribution in [3.05, 3.63) is 55.8 Å². The van der Waals surface area contributed by atoms with Crippen LogP contribution in [0, 0.1) is 6.92 Å². The van der Waals surface area contributed by atoms with Crippen LogP contribution in [0.15, 0.2) is 29.8 Å². The Balaban J connectivity index is 2.17. The Hall–Kier alpha value is -1.29. The average molecular weight is 310 g/mol. The van der Waals surface area contributed by atoms with Crippen molar-refractivity contribution in [1.29, 1.82) is 0 Å². The number of carbonyl (C=O) groups excluding carboxylic acids is 1. The van der Waals surface area contributed by atoms with Gasteiger partial charge in [0.15, 0.2) is 0 Å². The van der Waals surface area contributed by atoms with Crippen LogP contribution in [0.3, 0.4) is 0 Å². The normalized spacial score (nSPS) is 11.1. The second-order valence-electron chi connectivity index (χ2n) is 4.26. The molecular weight excluding hydrogens is 301 g/mol. The van der Waals surface area contributed by atoms with E-state index in [4.69, 9.17) is 23.2 Å². The minimum atomic E-state index is -0.0726. The lowest BCUT2D eigenvalue weighted by Crippen LogP contribution is -1.98. The first-order chi connectivity index (χ1) is 9.09. The van der Waals surface area contributed by atoms with Crippen LogP contribution in [-0.2, 0) is 0 Å². The summed E-state index contributed by atoms with van der Waals surface area (Å²) < 4.78 is 0. The molecule has 0 radical (unpaired) electrons. The van der Waals surface area contributed by atoms with Gasteiger partial charge in [-0.15, -0.1) is 11.3 Å². The molecule has 3 rings (SSSR count). The summed E-state index contributed by atoms with van der Waals surface area (Å²) in [7, 11) is 0. The Kier molecular flexibility index (Phi) is 3.13. The third-order valence-corrected chi connectivity index (χ3v) is 5.03. The number of rotatable bonds is 2. The molecule has 19 heavy (non-hydrogen) atoms. The summed E-state index contributed by atoms with van der Waals surface area (Å²) in [6, 6.07) is 5.49. The van der Waals surface area contributed by atoms with Gasteiger partial charge in [-0.3, -0.25) is 4.79 Å². The van der Waals surface area contributed by atoms with E-state index in [0.29, 0.717) is 20.5 Å². The SMILES string of the molecule is Cc1csc(C(=O)c2c[nH]c3c(Cl)cccc23)c1Cl. The van der Waals surface area contributed by atoms with Gasteiger partial charge in [0.2, 0.25) is 5.78 Å². The Bertz CT molecular complexity index is 788. The standard InChI is InChI=1S/C14H9Cl2NOS/c1-7-6-19-14(11(7)16)13(18)9-5-17-12-8(9)3-2-4-10(12)15/h2-6,17H,1H3. The summed E-state index contributed by atoms with van der Waals surface area (Å²) in [6.45, 7) is 1.89. The van der Waals surface area contributed by atoms with Crippen LogP contribution in [0.25, 0.3) is 10.9 Å². The van der Waals surface area contributed by atoms with Gasteiger partial charge in [-0.1, -0.05) is 35.3 Å². The maximum atomic E-state index is 12.5. The first kappa shape index (κ1) is 12.7. The summed E-state index contributed by atoms with van der Waals surface area (Å²) in [6.07, 6.45) is 1.68. The number of nitrogens with one attached hydrogen (secondary N) is 1. The molecule has 0 atom stereocenters. The molecule has 1 aromatic carbocycles. The van der Waals surface area contributed by atoms with Gasteiger partial charge >= 0.3 is 0 Å². The van der Waals surface area contributed by atoms with Gasteiger partial charge in [-0.05, 0) is 23.9 Å². The maximum Gasteiger partial charge on any atom is 0.206 e. The van der Waals surface area contributed by atoms with Gasteiger partial charge < -0.3 is 4.98 Å². The zero-order valence-electron chi connectivity index (χ0n) is 9.96. The van der Waals surface area contributed by atoms with Gasteiger partial charge in [0, 0.05) is 17.1 Å². The average Bonchev–Trinajstić information content (AvgIpc) is 2.96. The monoisotopic (exact) mass is 309 g/mol. The van der Waals surface area contributed by atoms with Crippen molar-refractivity contribution in [2.45, 2.75) is 6.92 Å². The molecule has 0 unspecified atom stereocenters. The van der Waals surface area contributed by atoms with E-state index >= 15 is 0 Å². The van der Waals surface area contributed by atoms with E-state index in [9.17, 15) is 4.79 Å². The highest BCUT2D eigenvalue weighted by atomic mass is 35.5. The van der Waals surface area contributed by atoms with Gasteiger partial charge in [0.25, 0.3) is 0 Å². The Morgan fingerprint density at radius 3 is 2.79 bits per heavy atom. The zero-order valence-corrected chi connectivity index (χ0v) is 12.3. The fraction of sp³-hybridized carbons (Fsp3) is 0.0714. The van der Waals surface area contributed by atoms with Gasteiger partial charge in [0.05, 0.1) is 20.4 Å². The Morgan fingerprint density at radius 2 is 2.11 bits per heavy atom. The number of benzene rings is 1. The number of aromatic nitrogens is 1. The third-order valence-electron chi connectivity index (χ3n) is 3.01. The number of hydrogen-bond donors (Lipinski definition) is 1. The molecule has 0 aliphatic heterocycles.